The molecule has 0 bridgehead atoms. The SMILES string of the molecule is CC(C)OC(=O)OCOC12CC1(CCOC(C)Cn1cnc3c(N)ncnc31)O2. The first-order valence-corrected chi connectivity index (χ1v) is 9.55. The van der Waals surface area contributed by atoms with E-state index in [-0.39, 0.29) is 24.6 Å². The lowest BCUT2D eigenvalue weighted by atomic mass is 10.3. The molecule has 1 saturated heterocycles. The van der Waals surface area contributed by atoms with Crippen molar-refractivity contribution in [1.29, 1.82) is 0 Å². The maximum Gasteiger partial charge on any atom is 0.510 e. The van der Waals surface area contributed by atoms with Crippen LogP contribution in [-0.2, 0) is 30.2 Å². The molecule has 0 aromatic carbocycles. The predicted molar refractivity (Wildman–Crippen MR) is 99.6 cm³/mol. The lowest BCUT2D eigenvalue weighted by molar-refractivity contribution is -0.122. The van der Waals surface area contributed by atoms with Crippen molar-refractivity contribution in [3.05, 3.63) is 12.7 Å². The molecule has 1 saturated carbocycles. The highest BCUT2D eigenvalue weighted by Crippen LogP contribution is 2.73. The number of carbonyl (C=O) groups excluding carboxylic acids is 1. The second-order valence-corrected chi connectivity index (χ2v) is 7.61. The summed E-state index contributed by atoms with van der Waals surface area (Å²) in [6, 6.07) is 0. The van der Waals surface area contributed by atoms with Crippen molar-refractivity contribution in [1.82, 2.24) is 19.5 Å². The summed E-state index contributed by atoms with van der Waals surface area (Å²) in [5.41, 5.74) is 6.76. The largest absolute Gasteiger partial charge is 0.510 e. The molecule has 2 aromatic heterocycles. The summed E-state index contributed by atoms with van der Waals surface area (Å²) in [4.78, 5) is 23.7. The minimum absolute atomic E-state index is 0.0538. The number of hydrogen-bond donors (Lipinski definition) is 1. The van der Waals surface area contributed by atoms with Gasteiger partial charge in [-0.2, -0.15) is 0 Å². The summed E-state index contributed by atoms with van der Waals surface area (Å²) < 4.78 is 28.7. The summed E-state index contributed by atoms with van der Waals surface area (Å²) in [5.74, 6) is -0.272. The van der Waals surface area contributed by atoms with Crippen LogP contribution in [-0.4, -0.2) is 62.7 Å². The van der Waals surface area contributed by atoms with Crippen molar-refractivity contribution in [3.63, 3.8) is 0 Å². The van der Waals surface area contributed by atoms with E-state index in [9.17, 15) is 4.79 Å². The van der Waals surface area contributed by atoms with Crippen LogP contribution >= 0.6 is 0 Å². The van der Waals surface area contributed by atoms with Gasteiger partial charge in [-0.05, 0) is 20.8 Å². The highest BCUT2D eigenvalue weighted by Gasteiger charge is 2.88. The van der Waals surface area contributed by atoms with Gasteiger partial charge in [0, 0.05) is 19.4 Å². The van der Waals surface area contributed by atoms with Crippen molar-refractivity contribution in [2.24, 2.45) is 0 Å². The first-order chi connectivity index (χ1) is 13.8. The van der Waals surface area contributed by atoms with Crippen LogP contribution in [0, 0.1) is 0 Å². The number of fused-ring (bicyclic) bond motifs is 2. The fraction of sp³-hybridized carbons (Fsp3) is 0.667. The Bertz CT molecular complexity index is 894. The Labute approximate surface area is 167 Å². The van der Waals surface area contributed by atoms with E-state index < -0.39 is 11.9 Å². The Morgan fingerprint density at radius 2 is 2.14 bits per heavy atom. The third kappa shape index (κ3) is 3.98. The van der Waals surface area contributed by atoms with E-state index in [1.807, 2.05) is 11.5 Å². The van der Waals surface area contributed by atoms with Crippen LogP contribution in [0.15, 0.2) is 12.7 Å². The molecule has 158 valence electrons. The minimum atomic E-state index is -0.750. The van der Waals surface area contributed by atoms with Crippen LogP contribution < -0.4 is 5.73 Å². The van der Waals surface area contributed by atoms with E-state index in [2.05, 4.69) is 15.0 Å². The Morgan fingerprint density at radius 3 is 2.90 bits per heavy atom. The number of nitrogen functional groups attached to an aromatic ring is 1. The van der Waals surface area contributed by atoms with Gasteiger partial charge in [0.05, 0.1) is 25.1 Å². The van der Waals surface area contributed by atoms with Crippen LogP contribution in [0.5, 0.6) is 0 Å². The van der Waals surface area contributed by atoms with Crippen LogP contribution in [0.4, 0.5) is 10.6 Å². The molecule has 11 heteroatoms. The van der Waals surface area contributed by atoms with Crippen molar-refractivity contribution < 1.29 is 28.5 Å². The summed E-state index contributed by atoms with van der Waals surface area (Å²) in [6.45, 7) is 6.39. The van der Waals surface area contributed by atoms with Gasteiger partial charge >= 0.3 is 6.16 Å². The average Bonchev–Trinajstić information content (AvgIpc) is 3.35. The number of aromatic nitrogens is 4. The maximum atomic E-state index is 11.3. The Hall–Kier alpha value is -2.50. The first-order valence-electron chi connectivity index (χ1n) is 9.55. The topological polar surface area (TPSA) is 136 Å². The molecular weight excluding hydrogens is 382 g/mol. The molecule has 3 atom stereocenters. The van der Waals surface area contributed by atoms with Gasteiger partial charge in [0.1, 0.15) is 17.4 Å². The molecule has 3 heterocycles. The molecule has 1 aliphatic heterocycles. The highest BCUT2D eigenvalue weighted by molar-refractivity contribution is 5.81. The number of nitrogens with two attached hydrogens (primary N) is 1. The highest BCUT2D eigenvalue weighted by atomic mass is 16.9. The van der Waals surface area contributed by atoms with Gasteiger partial charge in [-0.3, -0.25) is 0 Å². The number of nitrogens with zero attached hydrogens (tertiary/aromatic N) is 4. The van der Waals surface area contributed by atoms with Crippen molar-refractivity contribution in [2.45, 2.75) is 63.8 Å². The average molecular weight is 407 g/mol. The molecule has 1 aliphatic carbocycles. The zero-order valence-electron chi connectivity index (χ0n) is 16.7. The first kappa shape index (κ1) is 19.8. The van der Waals surface area contributed by atoms with Gasteiger partial charge in [0.15, 0.2) is 18.3 Å². The van der Waals surface area contributed by atoms with E-state index >= 15 is 0 Å². The number of anilines is 1. The number of carbonyl (C=O) groups is 1. The molecule has 0 spiro atoms. The molecule has 4 rings (SSSR count). The van der Waals surface area contributed by atoms with Crippen LogP contribution in [0.3, 0.4) is 0 Å². The van der Waals surface area contributed by atoms with Gasteiger partial charge < -0.3 is 34.0 Å². The smallest absolute Gasteiger partial charge is 0.432 e. The Balaban J connectivity index is 1.16. The third-order valence-corrected chi connectivity index (χ3v) is 5.00. The number of rotatable bonds is 10. The summed E-state index contributed by atoms with van der Waals surface area (Å²) in [6.07, 6.45) is 3.53. The Morgan fingerprint density at radius 1 is 1.34 bits per heavy atom. The molecule has 2 fully saturated rings. The molecule has 2 aliphatic rings. The molecule has 0 radical (unpaired) electrons. The summed E-state index contributed by atoms with van der Waals surface area (Å²) in [7, 11) is 0. The van der Waals surface area contributed by atoms with E-state index in [0.717, 1.165) is 6.42 Å². The Kier molecular flexibility index (Phi) is 5.05. The zero-order chi connectivity index (χ0) is 20.6. The molecule has 2 N–H and O–H groups in total. The second-order valence-electron chi connectivity index (χ2n) is 7.61. The van der Waals surface area contributed by atoms with Gasteiger partial charge in [-0.15, -0.1) is 0 Å². The zero-order valence-corrected chi connectivity index (χ0v) is 16.7. The van der Waals surface area contributed by atoms with Gasteiger partial charge in [0.2, 0.25) is 5.79 Å². The van der Waals surface area contributed by atoms with Gasteiger partial charge in [-0.25, -0.2) is 19.7 Å². The molecular formula is C18H25N5O6. The van der Waals surface area contributed by atoms with E-state index in [1.165, 1.54) is 6.33 Å². The number of ether oxygens (including phenoxy) is 5. The lowest BCUT2D eigenvalue weighted by Gasteiger charge is -2.14. The minimum Gasteiger partial charge on any atom is -0.432 e. The quantitative estimate of drug-likeness (QED) is 0.351. The molecule has 11 nitrogen and oxygen atoms in total. The van der Waals surface area contributed by atoms with E-state index in [4.69, 9.17) is 29.4 Å². The predicted octanol–water partition coefficient (Wildman–Crippen LogP) is 1.61. The third-order valence-electron chi connectivity index (χ3n) is 5.00. The molecule has 29 heavy (non-hydrogen) atoms. The monoisotopic (exact) mass is 407 g/mol. The van der Waals surface area contributed by atoms with Gasteiger partial charge in [-0.1, -0.05) is 0 Å². The van der Waals surface area contributed by atoms with Crippen LogP contribution in [0.2, 0.25) is 0 Å². The number of epoxide rings is 1. The van der Waals surface area contributed by atoms with E-state index in [1.54, 1.807) is 20.2 Å². The fourth-order valence-corrected chi connectivity index (χ4v) is 3.34. The maximum absolute atomic E-state index is 11.3. The van der Waals surface area contributed by atoms with Gasteiger partial charge in [0.25, 0.3) is 0 Å². The second kappa shape index (κ2) is 7.39. The van der Waals surface area contributed by atoms with Crippen LogP contribution in [0.1, 0.15) is 33.6 Å². The van der Waals surface area contributed by atoms with Crippen molar-refractivity contribution in [3.8, 4) is 0 Å². The molecule has 2 aromatic rings. The standard InChI is InChI=1S/C18H25N5O6/c1-11(2)28-16(24)26-10-27-18-7-17(18,29-18)4-5-25-12(3)6-23-9-22-13-14(19)20-8-21-15(13)23/h8-9,11-12H,4-7,10H2,1-3H3,(H2,19,20,21). The molecule has 3 unspecified atom stereocenters. The normalized spacial score (nSPS) is 25.7. The summed E-state index contributed by atoms with van der Waals surface area (Å²) in [5, 5.41) is 0. The lowest BCUT2D eigenvalue weighted by Crippen LogP contribution is -2.18. The van der Waals surface area contributed by atoms with Crippen molar-refractivity contribution >= 4 is 23.1 Å². The number of imidazole rings is 1. The van der Waals surface area contributed by atoms with E-state index in [0.29, 0.717) is 36.6 Å². The van der Waals surface area contributed by atoms with Crippen LogP contribution in [0.25, 0.3) is 11.2 Å². The number of hydrogen-bond acceptors (Lipinski definition) is 10. The molecule has 0 amide bonds. The van der Waals surface area contributed by atoms with Crippen molar-refractivity contribution in [2.75, 3.05) is 19.1 Å². The summed E-state index contributed by atoms with van der Waals surface area (Å²) >= 11 is 0. The fourth-order valence-electron chi connectivity index (χ4n) is 3.34.